The van der Waals surface area contributed by atoms with Crippen molar-refractivity contribution >= 4 is 27.5 Å². The highest BCUT2D eigenvalue weighted by Gasteiger charge is 2.08. The van der Waals surface area contributed by atoms with Gasteiger partial charge in [0.05, 0.1) is 0 Å². The molecule has 0 radical (unpaired) electrons. The maximum Gasteiger partial charge on any atom is 0.328 e. The van der Waals surface area contributed by atoms with Crippen molar-refractivity contribution in [2.75, 3.05) is 0 Å². The van der Waals surface area contributed by atoms with Crippen LogP contribution in [0.25, 0.3) is 5.95 Å². The third-order valence-electron chi connectivity index (χ3n) is 2.32. The van der Waals surface area contributed by atoms with E-state index in [0.717, 1.165) is 4.47 Å². The van der Waals surface area contributed by atoms with Crippen LogP contribution in [0.15, 0.2) is 47.5 Å². The molecule has 0 N–H and O–H groups in total. The molecule has 0 fully saturated rings. The molecule has 0 aliphatic rings. The Morgan fingerprint density at radius 2 is 2.10 bits per heavy atom. The number of benzene rings is 1. The van der Waals surface area contributed by atoms with Crippen LogP contribution in [0, 0.1) is 0 Å². The van der Waals surface area contributed by atoms with Gasteiger partial charge in [-0.05, 0) is 29.8 Å². The van der Waals surface area contributed by atoms with Crippen LogP contribution in [-0.2, 0) is 0 Å². The zero-order chi connectivity index (χ0) is 13.9. The largest absolute Gasteiger partial charge is 0.424 e. The Morgan fingerprint density at radius 3 is 2.85 bits per heavy atom. The van der Waals surface area contributed by atoms with Crippen LogP contribution >= 0.6 is 27.5 Å². The van der Waals surface area contributed by atoms with E-state index >= 15 is 0 Å². The smallest absolute Gasteiger partial charge is 0.328 e. The average Bonchev–Trinajstić information content (AvgIpc) is 2.91. The van der Waals surface area contributed by atoms with E-state index in [1.165, 1.54) is 0 Å². The number of halogens is 2. The molecule has 0 atom stereocenters. The number of imidazole rings is 1. The summed E-state index contributed by atoms with van der Waals surface area (Å²) in [6.45, 7) is 0. The second-order valence-electron chi connectivity index (χ2n) is 3.72. The summed E-state index contributed by atoms with van der Waals surface area (Å²) >= 11 is 9.24. The molecule has 3 rings (SSSR count). The van der Waals surface area contributed by atoms with Gasteiger partial charge in [-0.1, -0.05) is 22.0 Å². The fraction of sp³-hybridized carbons (Fsp3) is 0. The minimum Gasteiger partial charge on any atom is -0.424 e. The van der Waals surface area contributed by atoms with Gasteiger partial charge in [0.2, 0.25) is 11.2 Å². The predicted octanol–water partition coefficient (Wildman–Crippen LogP) is 3.27. The molecule has 0 spiro atoms. The van der Waals surface area contributed by atoms with Gasteiger partial charge < -0.3 is 4.74 Å². The third-order valence-corrected chi connectivity index (χ3v) is 2.98. The lowest BCUT2D eigenvalue weighted by Gasteiger charge is -2.06. The van der Waals surface area contributed by atoms with E-state index < -0.39 is 0 Å². The summed E-state index contributed by atoms with van der Waals surface area (Å²) in [5.41, 5.74) is 0. The Balaban J connectivity index is 1.94. The van der Waals surface area contributed by atoms with Crippen molar-refractivity contribution in [1.82, 2.24) is 24.5 Å². The summed E-state index contributed by atoms with van der Waals surface area (Å²) in [5.74, 6) is 0.936. The minimum absolute atomic E-state index is 0.0497. The SMILES string of the molecule is Clc1nc(Oc2cccc(Br)c2)nc(-n2ccnc2)n1. The zero-order valence-electron chi connectivity index (χ0n) is 9.94. The highest BCUT2D eigenvalue weighted by atomic mass is 79.9. The van der Waals surface area contributed by atoms with Crippen LogP contribution in [-0.4, -0.2) is 24.5 Å². The summed E-state index contributed by atoms with van der Waals surface area (Å²) in [6, 6.07) is 7.45. The standard InChI is InChI=1S/C12H7BrClN5O/c13-8-2-1-3-9(6-8)20-12-17-10(14)16-11(18-12)19-5-4-15-7-19/h1-7H. The summed E-state index contributed by atoms with van der Waals surface area (Å²) in [4.78, 5) is 16.1. The average molecular weight is 353 g/mol. The molecule has 3 aromatic rings. The molecule has 2 heterocycles. The van der Waals surface area contributed by atoms with E-state index in [0.29, 0.717) is 11.7 Å². The lowest BCUT2D eigenvalue weighted by Crippen LogP contribution is -2.03. The van der Waals surface area contributed by atoms with Gasteiger partial charge in [-0.2, -0.15) is 15.0 Å². The molecule has 0 aliphatic carbocycles. The van der Waals surface area contributed by atoms with Crippen molar-refractivity contribution in [3.05, 3.63) is 52.7 Å². The Labute approximate surface area is 127 Å². The first-order valence-electron chi connectivity index (χ1n) is 5.54. The van der Waals surface area contributed by atoms with Gasteiger partial charge in [-0.3, -0.25) is 4.57 Å². The predicted molar refractivity (Wildman–Crippen MR) is 76.2 cm³/mol. The maximum atomic E-state index is 5.88. The van der Waals surface area contributed by atoms with Crippen molar-refractivity contribution in [3.63, 3.8) is 0 Å². The molecule has 8 heteroatoms. The van der Waals surface area contributed by atoms with Crippen molar-refractivity contribution in [1.29, 1.82) is 0 Å². The van der Waals surface area contributed by atoms with Crippen LogP contribution in [0.2, 0.25) is 5.28 Å². The fourth-order valence-corrected chi connectivity index (χ4v) is 2.02. The van der Waals surface area contributed by atoms with Gasteiger partial charge in [-0.25, -0.2) is 4.98 Å². The fourth-order valence-electron chi connectivity index (χ4n) is 1.50. The molecule has 0 saturated heterocycles. The molecule has 0 saturated carbocycles. The van der Waals surface area contributed by atoms with E-state index in [1.807, 2.05) is 12.1 Å². The second kappa shape index (κ2) is 5.56. The molecule has 1 aromatic carbocycles. The minimum atomic E-state index is 0.0497. The summed E-state index contributed by atoms with van der Waals surface area (Å²) < 4.78 is 8.07. The Hall–Kier alpha value is -1.99. The molecule has 0 bridgehead atoms. The van der Waals surface area contributed by atoms with Crippen LogP contribution in [0.4, 0.5) is 0 Å². The normalized spacial score (nSPS) is 10.5. The van der Waals surface area contributed by atoms with E-state index in [4.69, 9.17) is 16.3 Å². The van der Waals surface area contributed by atoms with Gasteiger partial charge >= 0.3 is 6.01 Å². The third kappa shape index (κ3) is 2.94. The van der Waals surface area contributed by atoms with Crippen molar-refractivity contribution < 1.29 is 4.74 Å². The quantitative estimate of drug-likeness (QED) is 0.724. The monoisotopic (exact) mass is 351 g/mol. The molecule has 0 amide bonds. The first-order chi connectivity index (χ1) is 9.70. The lowest BCUT2D eigenvalue weighted by atomic mass is 10.3. The molecule has 2 aromatic heterocycles. The van der Waals surface area contributed by atoms with Crippen molar-refractivity contribution in [2.45, 2.75) is 0 Å². The Kier molecular flexibility index (Phi) is 3.62. The number of nitrogens with zero attached hydrogens (tertiary/aromatic N) is 5. The van der Waals surface area contributed by atoms with E-state index in [1.54, 1.807) is 35.4 Å². The lowest BCUT2D eigenvalue weighted by molar-refractivity contribution is 0.438. The van der Waals surface area contributed by atoms with Gasteiger partial charge in [0, 0.05) is 16.9 Å². The van der Waals surface area contributed by atoms with Crippen molar-refractivity contribution in [2.24, 2.45) is 0 Å². The maximum absolute atomic E-state index is 5.88. The molecule has 6 nitrogen and oxygen atoms in total. The summed E-state index contributed by atoms with van der Waals surface area (Å²) in [6.07, 6.45) is 4.88. The van der Waals surface area contributed by atoms with E-state index in [-0.39, 0.29) is 11.3 Å². The van der Waals surface area contributed by atoms with Gasteiger partial charge in [0.25, 0.3) is 0 Å². The van der Waals surface area contributed by atoms with E-state index in [9.17, 15) is 0 Å². The van der Waals surface area contributed by atoms with Crippen LogP contribution in [0.5, 0.6) is 11.8 Å². The molecule has 20 heavy (non-hydrogen) atoms. The van der Waals surface area contributed by atoms with Gasteiger partial charge in [0.15, 0.2) is 0 Å². The van der Waals surface area contributed by atoms with Gasteiger partial charge in [-0.15, -0.1) is 0 Å². The highest BCUT2D eigenvalue weighted by Crippen LogP contribution is 2.22. The number of hydrogen-bond donors (Lipinski definition) is 0. The highest BCUT2D eigenvalue weighted by molar-refractivity contribution is 9.10. The zero-order valence-corrected chi connectivity index (χ0v) is 12.3. The topological polar surface area (TPSA) is 65.7 Å². The first kappa shape index (κ1) is 13.0. The number of hydrogen-bond acceptors (Lipinski definition) is 5. The van der Waals surface area contributed by atoms with Gasteiger partial charge in [0.1, 0.15) is 12.1 Å². The number of ether oxygens (including phenoxy) is 1. The summed E-state index contributed by atoms with van der Waals surface area (Å²) in [7, 11) is 0. The molecular weight excluding hydrogens is 346 g/mol. The first-order valence-corrected chi connectivity index (χ1v) is 6.71. The second-order valence-corrected chi connectivity index (χ2v) is 4.97. The van der Waals surface area contributed by atoms with Crippen LogP contribution < -0.4 is 4.74 Å². The molecule has 100 valence electrons. The number of rotatable bonds is 3. The van der Waals surface area contributed by atoms with Crippen LogP contribution in [0.3, 0.4) is 0 Å². The molecule has 0 aliphatic heterocycles. The summed E-state index contributed by atoms with van der Waals surface area (Å²) in [5, 5.41) is 0.0497. The number of aromatic nitrogens is 5. The Morgan fingerprint density at radius 1 is 1.20 bits per heavy atom. The Bertz CT molecular complexity index is 734. The molecule has 0 unspecified atom stereocenters. The van der Waals surface area contributed by atoms with Crippen LogP contribution in [0.1, 0.15) is 0 Å². The molecular formula is C12H7BrClN5O. The van der Waals surface area contributed by atoms with Crippen molar-refractivity contribution in [3.8, 4) is 17.7 Å². The van der Waals surface area contributed by atoms with E-state index in [2.05, 4.69) is 35.9 Å².